The van der Waals surface area contributed by atoms with Crippen molar-refractivity contribution in [2.75, 3.05) is 19.5 Å². The van der Waals surface area contributed by atoms with Gasteiger partial charge in [-0.1, -0.05) is 12.1 Å². The van der Waals surface area contributed by atoms with Crippen molar-refractivity contribution >= 4 is 17.6 Å². The fourth-order valence-corrected chi connectivity index (χ4v) is 3.83. The average molecular weight is 410 g/mol. The molecule has 0 saturated heterocycles. The van der Waals surface area contributed by atoms with Gasteiger partial charge in [0.25, 0.3) is 0 Å². The van der Waals surface area contributed by atoms with Crippen LogP contribution in [-0.2, 0) is 4.79 Å². The van der Waals surface area contributed by atoms with Gasteiger partial charge in [-0.05, 0) is 24.3 Å². The van der Waals surface area contributed by atoms with Crippen molar-refractivity contribution in [2.45, 2.75) is 12.3 Å². The summed E-state index contributed by atoms with van der Waals surface area (Å²) in [6, 6.07) is 11.1. The Bertz CT molecular complexity index is 1150. The second kappa shape index (κ2) is 7.55. The van der Waals surface area contributed by atoms with E-state index in [2.05, 4.69) is 5.32 Å². The molecule has 8 heteroatoms. The Balaban J connectivity index is 1.98. The van der Waals surface area contributed by atoms with Gasteiger partial charge in [0.1, 0.15) is 22.9 Å². The van der Waals surface area contributed by atoms with Gasteiger partial charge in [-0.15, -0.1) is 0 Å². The summed E-state index contributed by atoms with van der Waals surface area (Å²) < 4.78 is 26.3. The molecule has 4 rings (SSSR count). The van der Waals surface area contributed by atoms with Crippen LogP contribution in [0, 0.1) is 5.82 Å². The van der Waals surface area contributed by atoms with Crippen LogP contribution >= 0.6 is 0 Å². The van der Waals surface area contributed by atoms with Crippen molar-refractivity contribution in [3.05, 3.63) is 71.3 Å². The first-order chi connectivity index (χ1) is 14.4. The number of hydrogen-bond donors (Lipinski definition) is 2. The van der Waals surface area contributed by atoms with Gasteiger partial charge in [-0.25, -0.2) is 9.18 Å². The molecule has 7 nitrogen and oxygen atoms in total. The number of methoxy groups -OCH3 is 2. The molecule has 2 aromatic carbocycles. The minimum absolute atomic E-state index is 0.0696. The summed E-state index contributed by atoms with van der Waals surface area (Å²) in [7, 11) is 3.05. The van der Waals surface area contributed by atoms with E-state index in [0.717, 1.165) is 0 Å². The quantitative estimate of drug-likeness (QED) is 0.668. The summed E-state index contributed by atoms with van der Waals surface area (Å²) in [5.41, 5.74) is 1.82. The molecule has 3 aromatic rings. The van der Waals surface area contributed by atoms with Crippen molar-refractivity contribution in [3.63, 3.8) is 0 Å². The lowest BCUT2D eigenvalue weighted by molar-refractivity contribution is -0.116. The molecule has 0 fully saturated rings. The first kappa shape index (κ1) is 19.5. The molecule has 1 amide bonds. The lowest BCUT2D eigenvalue weighted by Gasteiger charge is -2.27. The Morgan fingerprint density at radius 2 is 2.00 bits per heavy atom. The zero-order valence-electron chi connectivity index (χ0n) is 16.3. The van der Waals surface area contributed by atoms with E-state index in [1.165, 1.54) is 32.5 Å². The number of carbonyl (C=O) groups is 2. The number of anilines is 1. The van der Waals surface area contributed by atoms with Gasteiger partial charge in [0.2, 0.25) is 5.91 Å². The molecule has 0 aliphatic carbocycles. The number of aromatic carboxylic acids is 1. The van der Waals surface area contributed by atoms with E-state index in [-0.39, 0.29) is 23.6 Å². The molecule has 0 spiro atoms. The standard InChI is InChI=1S/C22H19FN2O5/c1-29-14-6-7-15(18(9-14)30-2)16-10-19(26)24-20-17(22(27)28)11-25(21(16)20)13-5-3-4-12(23)8-13/h3-9,11,16H,10H2,1-2H3,(H,24,26)(H,27,28)/t16-/m1/s1. The number of amides is 1. The Morgan fingerprint density at radius 3 is 2.67 bits per heavy atom. The van der Waals surface area contributed by atoms with Gasteiger partial charge >= 0.3 is 5.97 Å². The maximum Gasteiger partial charge on any atom is 0.339 e. The fraction of sp³-hybridized carbons (Fsp3) is 0.182. The highest BCUT2D eigenvalue weighted by Crippen LogP contribution is 2.44. The van der Waals surface area contributed by atoms with Crippen molar-refractivity contribution in [2.24, 2.45) is 0 Å². The molecule has 1 aliphatic heterocycles. The van der Waals surface area contributed by atoms with E-state index in [0.29, 0.717) is 28.4 Å². The molecule has 154 valence electrons. The van der Waals surface area contributed by atoms with E-state index in [1.807, 2.05) is 0 Å². The summed E-state index contributed by atoms with van der Waals surface area (Å²) in [6.07, 6.45) is 1.48. The van der Waals surface area contributed by atoms with Crippen LogP contribution in [0.3, 0.4) is 0 Å². The molecule has 0 saturated carbocycles. The van der Waals surface area contributed by atoms with Gasteiger partial charge in [-0.3, -0.25) is 4.79 Å². The first-order valence-corrected chi connectivity index (χ1v) is 9.19. The highest BCUT2D eigenvalue weighted by Gasteiger charge is 2.35. The average Bonchev–Trinajstić information content (AvgIpc) is 3.12. The van der Waals surface area contributed by atoms with Crippen LogP contribution in [0.1, 0.15) is 34.0 Å². The molecular formula is C22H19FN2O5. The summed E-state index contributed by atoms with van der Waals surface area (Å²) >= 11 is 0. The van der Waals surface area contributed by atoms with Crippen LogP contribution in [0.4, 0.5) is 10.1 Å². The predicted molar refractivity (Wildman–Crippen MR) is 107 cm³/mol. The number of carboxylic acid groups (broad SMARTS) is 1. The second-order valence-corrected chi connectivity index (χ2v) is 6.87. The Morgan fingerprint density at radius 1 is 1.20 bits per heavy atom. The number of aromatic nitrogens is 1. The number of carbonyl (C=O) groups excluding carboxylic acids is 1. The van der Waals surface area contributed by atoms with Crippen molar-refractivity contribution in [1.29, 1.82) is 0 Å². The Kier molecular flexibility index (Phi) is 4.91. The smallest absolute Gasteiger partial charge is 0.339 e. The van der Waals surface area contributed by atoms with Gasteiger partial charge < -0.3 is 24.5 Å². The summed E-state index contributed by atoms with van der Waals surface area (Å²) in [6.45, 7) is 0. The third-order valence-electron chi connectivity index (χ3n) is 5.16. The maximum atomic E-state index is 13.9. The van der Waals surface area contributed by atoms with Crippen molar-refractivity contribution < 1.29 is 28.6 Å². The second-order valence-electron chi connectivity index (χ2n) is 6.87. The van der Waals surface area contributed by atoms with E-state index in [1.54, 1.807) is 34.9 Å². The highest BCUT2D eigenvalue weighted by molar-refractivity contribution is 6.04. The zero-order valence-corrected chi connectivity index (χ0v) is 16.3. The minimum Gasteiger partial charge on any atom is -0.497 e. The third kappa shape index (κ3) is 3.26. The zero-order chi connectivity index (χ0) is 21.4. The number of halogens is 1. The van der Waals surface area contributed by atoms with E-state index < -0.39 is 17.7 Å². The van der Waals surface area contributed by atoms with Crippen LogP contribution in [0.15, 0.2) is 48.7 Å². The van der Waals surface area contributed by atoms with Crippen LogP contribution in [0.25, 0.3) is 5.69 Å². The monoisotopic (exact) mass is 410 g/mol. The number of fused-ring (bicyclic) bond motifs is 1. The largest absolute Gasteiger partial charge is 0.497 e. The lowest BCUT2D eigenvalue weighted by atomic mass is 9.87. The number of hydrogen-bond acceptors (Lipinski definition) is 4. The van der Waals surface area contributed by atoms with Crippen LogP contribution < -0.4 is 14.8 Å². The van der Waals surface area contributed by atoms with Gasteiger partial charge in [0.05, 0.1) is 25.6 Å². The number of carboxylic acids is 1. The molecule has 2 heterocycles. The summed E-state index contributed by atoms with van der Waals surface area (Å²) in [5.74, 6) is -1.38. The molecule has 0 radical (unpaired) electrons. The summed E-state index contributed by atoms with van der Waals surface area (Å²) in [4.78, 5) is 24.3. The molecule has 2 N–H and O–H groups in total. The normalized spacial score (nSPS) is 15.3. The van der Waals surface area contributed by atoms with E-state index in [9.17, 15) is 19.1 Å². The highest BCUT2D eigenvalue weighted by atomic mass is 19.1. The van der Waals surface area contributed by atoms with Crippen LogP contribution in [0.2, 0.25) is 0 Å². The van der Waals surface area contributed by atoms with Gasteiger partial charge in [0.15, 0.2) is 0 Å². The first-order valence-electron chi connectivity index (χ1n) is 9.19. The van der Waals surface area contributed by atoms with Crippen LogP contribution in [0.5, 0.6) is 11.5 Å². The van der Waals surface area contributed by atoms with E-state index in [4.69, 9.17) is 9.47 Å². The SMILES string of the molecule is COc1ccc([C@H]2CC(=O)Nc3c(C(=O)O)cn(-c4cccc(F)c4)c32)c(OC)c1. The molecule has 30 heavy (non-hydrogen) atoms. The molecule has 0 unspecified atom stereocenters. The van der Waals surface area contributed by atoms with E-state index >= 15 is 0 Å². The molecule has 1 aromatic heterocycles. The molecule has 1 aliphatic rings. The van der Waals surface area contributed by atoms with Crippen molar-refractivity contribution in [3.8, 4) is 17.2 Å². The lowest BCUT2D eigenvalue weighted by Crippen LogP contribution is -2.25. The topological polar surface area (TPSA) is 89.8 Å². The molecule has 1 atom stereocenters. The number of benzene rings is 2. The van der Waals surface area contributed by atoms with Gasteiger partial charge in [-0.2, -0.15) is 0 Å². The third-order valence-corrected chi connectivity index (χ3v) is 5.16. The minimum atomic E-state index is -1.19. The molecular weight excluding hydrogens is 391 g/mol. The fourth-order valence-electron chi connectivity index (χ4n) is 3.83. The number of nitrogens with one attached hydrogen (secondary N) is 1. The number of nitrogens with zero attached hydrogens (tertiary/aromatic N) is 1. The predicted octanol–water partition coefficient (Wildman–Crippen LogP) is 3.81. The van der Waals surface area contributed by atoms with Gasteiger partial charge in [0, 0.05) is 35.9 Å². The number of rotatable bonds is 5. The number of ether oxygens (including phenoxy) is 2. The Labute approximate surface area is 171 Å². The van der Waals surface area contributed by atoms with Crippen LogP contribution in [-0.4, -0.2) is 35.8 Å². The maximum absolute atomic E-state index is 13.9. The summed E-state index contributed by atoms with van der Waals surface area (Å²) in [5, 5.41) is 12.4. The molecule has 0 bridgehead atoms. The van der Waals surface area contributed by atoms with Crippen molar-refractivity contribution in [1.82, 2.24) is 4.57 Å². The Hall–Kier alpha value is -3.81.